The zero-order chi connectivity index (χ0) is 8.01. The molecule has 0 aromatic carbocycles. The van der Waals surface area contributed by atoms with E-state index in [1.165, 1.54) is 10.4 Å². The van der Waals surface area contributed by atoms with E-state index in [1.807, 2.05) is 13.8 Å². The monoisotopic (exact) mass is 166 g/mol. The summed E-state index contributed by atoms with van der Waals surface area (Å²) in [5, 5.41) is 2.08. The van der Waals surface area contributed by atoms with Crippen molar-refractivity contribution in [1.82, 2.24) is 0 Å². The van der Waals surface area contributed by atoms with Gasteiger partial charge in [0.15, 0.2) is 5.78 Å². The molecule has 0 bridgehead atoms. The molecule has 0 saturated carbocycles. The minimum absolute atomic E-state index is 0.233. The highest BCUT2D eigenvalue weighted by Crippen LogP contribution is 2.33. The lowest BCUT2D eigenvalue weighted by Gasteiger charge is -1.96. The standard InChI is InChI=1S/C9H10OS/c1-5-3-7-8(9(5)10)6(2)4-11-7/h4-5H,3H2,1-2H3. The van der Waals surface area contributed by atoms with Gasteiger partial charge < -0.3 is 0 Å². The Morgan fingerprint density at radius 1 is 1.64 bits per heavy atom. The second-order valence-corrected chi connectivity index (χ2v) is 4.15. The van der Waals surface area contributed by atoms with Gasteiger partial charge >= 0.3 is 0 Å². The smallest absolute Gasteiger partial charge is 0.167 e. The molecule has 1 nitrogen and oxygen atoms in total. The van der Waals surface area contributed by atoms with E-state index in [1.54, 1.807) is 11.3 Å². The Morgan fingerprint density at radius 3 is 3.00 bits per heavy atom. The molecule has 0 radical (unpaired) electrons. The Bertz CT molecular complexity index is 311. The maximum Gasteiger partial charge on any atom is 0.167 e. The highest BCUT2D eigenvalue weighted by Gasteiger charge is 2.29. The summed E-state index contributed by atoms with van der Waals surface area (Å²) in [6.07, 6.45) is 0.965. The molecule has 2 heteroatoms. The van der Waals surface area contributed by atoms with Crippen molar-refractivity contribution in [3.05, 3.63) is 21.4 Å². The summed E-state index contributed by atoms with van der Waals surface area (Å²) in [5.74, 6) is 0.579. The number of Topliss-reactive ketones (excluding diaryl/α,β-unsaturated/α-hetero) is 1. The number of ketones is 1. The van der Waals surface area contributed by atoms with E-state index in [0.29, 0.717) is 5.78 Å². The normalized spacial score (nSPS) is 22.4. The quantitative estimate of drug-likeness (QED) is 0.578. The molecular weight excluding hydrogens is 156 g/mol. The van der Waals surface area contributed by atoms with Crippen LogP contribution in [0.2, 0.25) is 0 Å². The van der Waals surface area contributed by atoms with Crippen LogP contribution < -0.4 is 0 Å². The van der Waals surface area contributed by atoms with Gasteiger partial charge in [-0.25, -0.2) is 0 Å². The number of carbonyl (C=O) groups is 1. The Morgan fingerprint density at radius 2 is 2.36 bits per heavy atom. The Labute approximate surface area is 70.1 Å². The fraction of sp³-hybridized carbons (Fsp3) is 0.444. The van der Waals surface area contributed by atoms with Crippen molar-refractivity contribution in [1.29, 1.82) is 0 Å². The molecule has 1 aromatic rings. The lowest BCUT2D eigenvalue weighted by atomic mass is 10.1. The third-order valence-corrected chi connectivity index (χ3v) is 3.36. The van der Waals surface area contributed by atoms with Crippen molar-refractivity contribution in [2.24, 2.45) is 5.92 Å². The first-order valence-electron chi connectivity index (χ1n) is 3.81. The first-order chi connectivity index (χ1) is 5.20. The molecule has 1 aliphatic rings. The molecule has 1 aliphatic carbocycles. The predicted octanol–water partition coefficient (Wildman–Crippen LogP) is 2.43. The maximum absolute atomic E-state index is 11.5. The van der Waals surface area contributed by atoms with Crippen molar-refractivity contribution in [3.63, 3.8) is 0 Å². The highest BCUT2D eigenvalue weighted by atomic mass is 32.1. The lowest BCUT2D eigenvalue weighted by molar-refractivity contribution is 0.0946. The van der Waals surface area contributed by atoms with Crippen molar-refractivity contribution in [2.75, 3.05) is 0 Å². The van der Waals surface area contributed by atoms with Crippen molar-refractivity contribution >= 4 is 17.1 Å². The fourth-order valence-corrected chi connectivity index (χ4v) is 2.76. The SMILES string of the molecule is Cc1csc2c1C(=O)C(C)C2. The summed E-state index contributed by atoms with van der Waals surface area (Å²) in [7, 11) is 0. The van der Waals surface area contributed by atoms with Crippen LogP contribution in [-0.4, -0.2) is 5.78 Å². The number of hydrogen-bond donors (Lipinski definition) is 0. The maximum atomic E-state index is 11.5. The zero-order valence-electron chi connectivity index (χ0n) is 6.68. The van der Waals surface area contributed by atoms with Crippen LogP contribution >= 0.6 is 11.3 Å². The van der Waals surface area contributed by atoms with Crippen molar-refractivity contribution in [3.8, 4) is 0 Å². The molecule has 1 atom stereocenters. The summed E-state index contributed by atoms with van der Waals surface area (Å²) in [6, 6.07) is 0. The van der Waals surface area contributed by atoms with Crippen LogP contribution in [0.4, 0.5) is 0 Å². The number of carbonyl (C=O) groups excluding carboxylic acids is 1. The van der Waals surface area contributed by atoms with Crippen LogP contribution in [0.15, 0.2) is 5.38 Å². The van der Waals surface area contributed by atoms with Gasteiger partial charge in [-0.1, -0.05) is 6.92 Å². The molecule has 0 fully saturated rings. The number of aryl methyl sites for hydroxylation is 1. The van der Waals surface area contributed by atoms with Crippen LogP contribution in [0.1, 0.15) is 27.7 Å². The molecule has 0 amide bonds. The van der Waals surface area contributed by atoms with Crippen LogP contribution in [0, 0.1) is 12.8 Å². The first-order valence-corrected chi connectivity index (χ1v) is 4.69. The van der Waals surface area contributed by atoms with Gasteiger partial charge in [0.2, 0.25) is 0 Å². The van der Waals surface area contributed by atoms with Crippen LogP contribution in [0.25, 0.3) is 0 Å². The summed E-state index contributed by atoms with van der Waals surface area (Å²) < 4.78 is 0. The second kappa shape index (κ2) is 2.18. The second-order valence-electron chi connectivity index (χ2n) is 3.19. The summed E-state index contributed by atoms with van der Waals surface area (Å²) >= 11 is 1.73. The van der Waals surface area contributed by atoms with Crippen molar-refractivity contribution in [2.45, 2.75) is 20.3 Å². The zero-order valence-corrected chi connectivity index (χ0v) is 7.49. The van der Waals surface area contributed by atoms with Gasteiger partial charge in [-0.05, 0) is 24.3 Å². The van der Waals surface area contributed by atoms with E-state index in [0.717, 1.165) is 12.0 Å². The Balaban J connectivity index is 2.58. The van der Waals surface area contributed by atoms with Crippen LogP contribution in [0.5, 0.6) is 0 Å². The van der Waals surface area contributed by atoms with Crippen molar-refractivity contribution < 1.29 is 4.79 Å². The van der Waals surface area contributed by atoms with E-state index in [9.17, 15) is 4.79 Å². The largest absolute Gasteiger partial charge is 0.294 e. The average Bonchev–Trinajstić information content (AvgIpc) is 2.41. The minimum atomic E-state index is 0.233. The van der Waals surface area contributed by atoms with E-state index in [2.05, 4.69) is 5.38 Å². The predicted molar refractivity (Wildman–Crippen MR) is 46.3 cm³/mol. The molecule has 1 unspecified atom stereocenters. The topological polar surface area (TPSA) is 17.1 Å². The molecule has 0 spiro atoms. The Hall–Kier alpha value is -0.630. The van der Waals surface area contributed by atoms with Gasteiger partial charge in [0.1, 0.15) is 0 Å². The van der Waals surface area contributed by atoms with Crippen LogP contribution in [0.3, 0.4) is 0 Å². The van der Waals surface area contributed by atoms with Gasteiger partial charge in [0.25, 0.3) is 0 Å². The van der Waals surface area contributed by atoms with E-state index >= 15 is 0 Å². The van der Waals surface area contributed by atoms with Gasteiger partial charge in [0.05, 0.1) is 0 Å². The third-order valence-electron chi connectivity index (χ3n) is 2.24. The number of fused-ring (bicyclic) bond motifs is 1. The van der Waals surface area contributed by atoms with Crippen LogP contribution in [-0.2, 0) is 6.42 Å². The number of rotatable bonds is 0. The van der Waals surface area contributed by atoms with Gasteiger partial charge in [-0.3, -0.25) is 4.79 Å². The summed E-state index contributed by atoms with van der Waals surface area (Å²) in [6.45, 7) is 4.03. The molecule has 1 heterocycles. The lowest BCUT2D eigenvalue weighted by Crippen LogP contribution is -2.04. The molecule has 58 valence electrons. The molecule has 0 saturated heterocycles. The summed E-state index contributed by atoms with van der Waals surface area (Å²) in [5.41, 5.74) is 2.18. The van der Waals surface area contributed by atoms with Gasteiger partial charge in [-0.2, -0.15) is 0 Å². The summed E-state index contributed by atoms with van der Waals surface area (Å²) in [4.78, 5) is 12.8. The molecular formula is C9H10OS. The highest BCUT2D eigenvalue weighted by molar-refractivity contribution is 7.10. The molecule has 1 aromatic heterocycles. The van der Waals surface area contributed by atoms with Gasteiger partial charge in [0, 0.05) is 16.4 Å². The first kappa shape index (κ1) is 7.04. The number of thiophene rings is 1. The average molecular weight is 166 g/mol. The third kappa shape index (κ3) is 0.857. The van der Waals surface area contributed by atoms with Gasteiger partial charge in [-0.15, -0.1) is 11.3 Å². The van der Waals surface area contributed by atoms with E-state index in [-0.39, 0.29) is 5.92 Å². The number of hydrogen-bond acceptors (Lipinski definition) is 2. The molecule has 11 heavy (non-hydrogen) atoms. The minimum Gasteiger partial charge on any atom is -0.294 e. The molecule has 0 aliphatic heterocycles. The fourth-order valence-electron chi connectivity index (χ4n) is 1.60. The van der Waals surface area contributed by atoms with E-state index < -0.39 is 0 Å². The molecule has 0 N–H and O–H groups in total. The molecule has 2 rings (SSSR count). The van der Waals surface area contributed by atoms with E-state index in [4.69, 9.17) is 0 Å². The Kier molecular flexibility index (Phi) is 1.39.